The van der Waals surface area contributed by atoms with Crippen LogP contribution in [0.2, 0.25) is 0 Å². The van der Waals surface area contributed by atoms with Crippen LogP contribution in [0.3, 0.4) is 0 Å². The molecule has 1 fully saturated rings. The van der Waals surface area contributed by atoms with E-state index in [1.54, 1.807) is 11.8 Å². The molecule has 0 amide bonds. The Bertz CT molecular complexity index is 168. The normalized spacial score (nSPS) is 19.1. The van der Waals surface area contributed by atoms with Gasteiger partial charge in [-0.3, -0.25) is 5.41 Å². The molecule has 70 valence electrons. The molecule has 4 N–H and O–H groups in total. The lowest BCUT2D eigenvalue weighted by molar-refractivity contribution is 0.322. The van der Waals surface area contributed by atoms with E-state index in [4.69, 9.17) is 16.2 Å². The van der Waals surface area contributed by atoms with Gasteiger partial charge in [-0.05, 0) is 24.0 Å². The summed E-state index contributed by atoms with van der Waals surface area (Å²) in [6.45, 7) is 0.251. The van der Waals surface area contributed by atoms with Gasteiger partial charge in [-0.2, -0.15) is 11.8 Å². The highest BCUT2D eigenvalue weighted by molar-refractivity contribution is 7.99. The highest BCUT2D eigenvalue weighted by atomic mass is 32.2. The van der Waals surface area contributed by atoms with E-state index in [2.05, 4.69) is 0 Å². The van der Waals surface area contributed by atoms with E-state index in [1.807, 2.05) is 0 Å². The second kappa shape index (κ2) is 4.14. The minimum absolute atomic E-state index is 0.251. The first kappa shape index (κ1) is 9.86. The Balaban J connectivity index is 2.16. The molecule has 0 aliphatic heterocycles. The van der Waals surface area contributed by atoms with Crippen LogP contribution in [-0.4, -0.2) is 29.1 Å². The van der Waals surface area contributed by atoms with Crippen LogP contribution in [-0.2, 0) is 0 Å². The fraction of sp³-hybridized carbons (Fsp3) is 0.875. The van der Waals surface area contributed by atoms with Crippen molar-refractivity contribution < 1.29 is 5.11 Å². The first-order chi connectivity index (χ1) is 5.68. The van der Waals surface area contributed by atoms with Gasteiger partial charge in [0.15, 0.2) is 0 Å². The van der Waals surface area contributed by atoms with Crippen molar-refractivity contribution in [1.82, 2.24) is 0 Å². The van der Waals surface area contributed by atoms with E-state index < -0.39 is 0 Å². The third kappa shape index (κ3) is 3.03. The van der Waals surface area contributed by atoms with Gasteiger partial charge >= 0.3 is 0 Å². The lowest BCUT2D eigenvalue weighted by Gasteiger charge is -2.12. The molecule has 0 bridgehead atoms. The number of rotatable bonds is 6. The number of amidine groups is 1. The molecule has 0 spiro atoms. The molecule has 3 nitrogen and oxygen atoms in total. The fourth-order valence-electron chi connectivity index (χ4n) is 1.31. The Morgan fingerprint density at radius 3 is 2.67 bits per heavy atom. The van der Waals surface area contributed by atoms with Crippen molar-refractivity contribution >= 4 is 17.6 Å². The van der Waals surface area contributed by atoms with Crippen LogP contribution >= 0.6 is 11.8 Å². The summed E-state index contributed by atoms with van der Waals surface area (Å²) in [5.41, 5.74) is 5.67. The molecular formula is C8H16N2OS. The Morgan fingerprint density at radius 2 is 2.25 bits per heavy atom. The van der Waals surface area contributed by atoms with Crippen molar-refractivity contribution in [2.24, 2.45) is 11.1 Å². The van der Waals surface area contributed by atoms with Crippen LogP contribution in [0.25, 0.3) is 0 Å². The van der Waals surface area contributed by atoms with E-state index >= 15 is 0 Å². The van der Waals surface area contributed by atoms with E-state index in [9.17, 15) is 0 Å². The number of thioether (sulfide) groups is 1. The van der Waals surface area contributed by atoms with Crippen LogP contribution < -0.4 is 5.73 Å². The minimum atomic E-state index is 0.251. The van der Waals surface area contributed by atoms with Crippen LogP contribution in [0, 0.1) is 10.8 Å². The number of aliphatic hydroxyl groups is 1. The zero-order chi connectivity index (χ0) is 9.03. The predicted octanol–water partition coefficient (Wildman–Crippen LogP) is 0.818. The molecule has 0 atom stereocenters. The molecule has 0 heterocycles. The molecule has 1 rings (SSSR count). The Morgan fingerprint density at radius 1 is 1.58 bits per heavy atom. The summed E-state index contributed by atoms with van der Waals surface area (Å²) >= 11 is 1.76. The fourth-order valence-corrected chi connectivity index (χ4v) is 2.40. The van der Waals surface area contributed by atoms with Crippen LogP contribution in [0.5, 0.6) is 0 Å². The smallest absolute Gasteiger partial charge is 0.0911 e. The lowest BCUT2D eigenvalue weighted by Crippen LogP contribution is -2.18. The largest absolute Gasteiger partial charge is 0.396 e. The molecule has 0 saturated heterocycles. The first-order valence-corrected chi connectivity index (χ1v) is 5.35. The van der Waals surface area contributed by atoms with Gasteiger partial charge in [-0.15, -0.1) is 0 Å². The molecule has 0 unspecified atom stereocenters. The predicted molar refractivity (Wildman–Crippen MR) is 52.6 cm³/mol. The second-order valence-corrected chi connectivity index (χ2v) is 4.58. The van der Waals surface area contributed by atoms with E-state index in [0.29, 0.717) is 11.3 Å². The van der Waals surface area contributed by atoms with Crippen LogP contribution in [0.1, 0.15) is 19.3 Å². The molecular weight excluding hydrogens is 172 g/mol. The second-order valence-electron chi connectivity index (χ2n) is 3.48. The molecule has 1 saturated carbocycles. The molecule has 1 aliphatic rings. The quantitative estimate of drug-likeness (QED) is 0.328. The standard InChI is InChI=1S/C8H16N2OS/c9-7(10)5-8(1-2-8)6-12-4-3-11/h11H,1-6H2,(H3,9,10). The summed E-state index contributed by atoms with van der Waals surface area (Å²) in [5, 5.41) is 15.8. The van der Waals surface area contributed by atoms with E-state index in [0.717, 1.165) is 17.9 Å². The first-order valence-electron chi connectivity index (χ1n) is 4.20. The van der Waals surface area contributed by atoms with Gasteiger partial charge in [0.1, 0.15) is 0 Å². The van der Waals surface area contributed by atoms with Gasteiger partial charge in [-0.25, -0.2) is 0 Å². The van der Waals surface area contributed by atoms with E-state index in [1.165, 1.54) is 12.8 Å². The molecule has 0 aromatic heterocycles. The van der Waals surface area contributed by atoms with Crippen molar-refractivity contribution in [2.45, 2.75) is 19.3 Å². The third-order valence-electron chi connectivity index (χ3n) is 2.17. The number of aliphatic hydroxyl groups excluding tert-OH is 1. The topological polar surface area (TPSA) is 70.1 Å². The summed E-state index contributed by atoms with van der Waals surface area (Å²) in [5.74, 6) is 2.16. The molecule has 0 radical (unpaired) electrons. The zero-order valence-corrected chi connectivity index (χ0v) is 7.99. The van der Waals surface area contributed by atoms with Gasteiger partial charge in [0, 0.05) is 12.2 Å². The molecule has 0 aromatic rings. The Hall–Kier alpha value is -0.220. The molecule has 12 heavy (non-hydrogen) atoms. The summed E-state index contributed by atoms with van der Waals surface area (Å²) in [6, 6.07) is 0. The average Bonchev–Trinajstić information content (AvgIpc) is 2.69. The van der Waals surface area contributed by atoms with Crippen LogP contribution in [0.15, 0.2) is 0 Å². The summed E-state index contributed by atoms with van der Waals surface area (Å²) in [6.07, 6.45) is 3.14. The van der Waals surface area contributed by atoms with E-state index in [-0.39, 0.29) is 6.61 Å². The summed E-state index contributed by atoms with van der Waals surface area (Å²) < 4.78 is 0. The van der Waals surface area contributed by atoms with Crippen LogP contribution in [0.4, 0.5) is 0 Å². The molecule has 0 aromatic carbocycles. The number of hydrogen-bond donors (Lipinski definition) is 3. The van der Waals surface area contributed by atoms with Gasteiger partial charge in [-0.1, -0.05) is 0 Å². The maximum Gasteiger partial charge on any atom is 0.0911 e. The van der Waals surface area contributed by atoms with Gasteiger partial charge in [0.05, 0.1) is 12.4 Å². The molecule has 1 aliphatic carbocycles. The van der Waals surface area contributed by atoms with Crippen molar-refractivity contribution in [3.05, 3.63) is 0 Å². The highest BCUT2D eigenvalue weighted by Crippen LogP contribution is 2.50. The van der Waals surface area contributed by atoms with Gasteiger partial charge < -0.3 is 10.8 Å². The lowest BCUT2D eigenvalue weighted by atomic mass is 10.1. The summed E-state index contributed by atoms with van der Waals surface area (Å²) in [4.78, 5) is 0. The average molecular weight is 188 g/mol. The van der Waals surface area contributed by atoms with Gasteiger partial charge in [0.25, 0.3) is 0 Å². The monoisotopic (exact) mass is 188 g/mol. The Labute approximate surface area is 77.2 Å². The van der Waals surface area contributed by atoms with Crippen molar-refractivity contribution in [3.63, 3.8) is 0 Å². The van der Waals surface area contributed by atoms with Gasteiger partial charge in [0.2, 0.25) is 0 Å². The van der Waals surface area contributed by atoms with Crippen molar-refractivity contribution in [1.29, 1.82) is 5.41 Å². The highest BCUT2D eigenvalue weighted by Gasteiger charge is 2.42. The summed E-state index contributed by atoms with van der Waals surface area (Å²) in [7, 11) is 0. The van der Waals surface area contributed by atoms with Crippen molar-refractivity contribution in [2.75, 3.05) is 18.1 Å². The number of nitrogens with one attached hydrogen (secondary N) is 1. The SMILES string of the molecule is N=C(N)CC1(CSCCO)CC1. The maximum atomic E-state index is 8.58. The Kier molecular flexibility index (Phi) is 3.40. The third-order valence-corrected chi connectivity index (χ3v) is 3.45. The van der Waals surface area contributed by atoms with Crippen molar-refractivity contribution in [3.8, 4) is 0 Å². The number of hydrogen-bond acceptors (Lipinski definition) is 3. The minimum Gasteiger partial charge on any atom is -0.396 e. The number of nitrogens with two attached hydrogens (primary N) is 1. The molecule has 4 heteroatoms. The zero-order valence-electron chi connectivity index (χ0n) is 7.18. The maximum absolute atomic E-state index is 8.58.